The predicted molar refractivity (Wildman–Crippen MR) is 124 cm³/mol. The largest absolute Gasteiger partial charge is 0.491 e. The third kappa shape index (κ3) is 4.77. The zero-order chi connectivity index (χ0) is 21.6. The van der Waals surface area contributed by atoms with Gasteiger partial charge in [0, 0.05) is 47.4 Å². The number of carbonyl (C=O) groups excluding carboxylic acids is 1. The number of carbonyl (C=O) groups is 1. The van der Waals surface area contributed by atoms with Gasteiger partial charge in [-0.25, -0.2) is 4.98 Å². The number of amides is 1. The Kier molecular flexibility index (Phi) is 6.61. The van der Waals surface area contributed by atoms with E-state index in [1.165, 1.54) is 11.3 Å². The van der Waals surface area contributed by atoms with Gasteiger partial charge in [-0.1, -0.05) is 30.3 Å². The van der Waals surface area contributed by atoms with E-state index in [1.807, 2.05) is 54.7 Å². The Balaban J connectivity index is 1.61. The third-order valence-corrected chi connectivity index (χ3v) is 6.10. The highest BCUT2D eigenvalue weighted by molar-refractivity contribution is 7.17. The summed E-state index contributed by atoms with van der Waals surface area (Å²) in [4.78, 5) is 22.1. The minimum absolute atomic E-state index is 0.180. The molecular weight excluding hydrogens is 410 g/mol. The minimum atomic E-state index is -0.200. The summed E-state index contributed by atoms with van der Waals surface area (Å²) in [7, 11) is 0. The molecule has 4 rings (SSSR count). The zero-order valence-electron chi connectivity index (χ0n) is 17.0. The van der Waals surface area contributed by atoms with Gasteiger partial charge in [0.05, 0.1) is 0 Å². The van der Waals surface area contributed by atoms with Crippen LogP contribution in [-0.2, 0) is 6.42 Å². The van der Waals surface area contributed by atoms with Crippen LogP contribution in [0, 0.1) is 0 Å². The number of aromatic nitrogens is 2. The standard InChI is InChI=1S/C23H25N5O2S/c24-8-11-30-19-13-20(17-6-9-26-22-18(17)7-10-27-22)31-21(19)23(29)28-16(14-25)12-15-4-2-1-3-5-15/h1-7,9-10,13,16H,8,11-12,14,24-25H2,(H,26,27)(H,28,29). The number of fused-ring (bicyclic) bond motifs is 1. The Hall–Kier alpha value is -3.20. The van der Waals surface area contributed by atoms with Crippen molar-refractivity contribution in [1.82, 2.24) is 15.3 Å². The molecule has 31 heavy (non-hydrogen) atoms. The summed E-state index contributed by atoms with van der Waals surface area (Å²) in [6, 6.07) is 15.6. The lowest BCUT2D eigenvalue weighted by atomic mass is 10.1. The lowest BCUT2D eigenvalue weighted by Gasteiger charge is -2.17. The van der Waals surface area contributed by atoms with Crippen LogP contribution < -0.4 is 21.5 Å². The van der Waals surface area contributed by atoms with Crippen LogP contribution >= 0.6 is 11.3 Å². The molecule has 0 bridgehead atoms. The average molecular weight is 436 g/mol. The van der Waals surface area contributed by atoms with E-state index in [-0.39, 0.29) is 11.9 Å². The summed E-state index contributed by atoms with van der Waals surface area (Å²) in [5, 5.41) is 4.05. The van der Waals surface area contributed by atoms with Crippen molar-refractivity contribution in [3.8, 4) is 16.2 Å². The van der Waals surface area contributed by atoms with Crippen LogP contribution in [0.15, 0.2) is 60.9 Å². The number of nitrogens with one attached hydrogen (secondary N) is 2. The summed E-state index contributed by atoms with van der Waals surface area (Å²) in [6.07, 6.45) is 4.26. The van der Waals surface area contributed by atoms with Gasteiger partial charge in [-0.05, 0) is 30.2 Å². The highest BCUT2D eigenvalue weighted by atomic mass is 32.1. The summed E-state index contributed by atoms with van der Waals surface area (Å²) in [6.45, 7) is 1.03. The summed E-state index contributed by atoms with van der Waals surface area (Å²) in [5.41, 5.74) is 14.5. The van der Waals surface area contributed by atoms with Crippen molar-refractivity contribution in [1.29, 1.82) is 0 Å². The molecule has 0 spiro atoms. The molecular formula is C23H25N5O2S. The van der Waals surface area contributed by atoms with Gasteiger partial charge < -0.3 is 26.5 Å². The van der Waals surface area contributed by atoms with Crippen LogP contribution in [-0.4, -0.2) is 41.6 Å². The maximum absolute atomic E-state index is 13.2. The van der Waals surface area contributed by atoms with Gasteiger partial charge in [-0.3, -0.25) is 4.79 Å². The smallest absolute Gasteiger partial charge is 0.265 e. The topological polar surface area (TPSA) is 119 Å². The van der Waals surface area contributed by atoms with Crippen molar-refractivity contribution >= 4 is 28.3 Å². The average Bonchev–Trinajstić information content (AvgIpc) is 3.45. The monoisotopic (exact) mass is 435 g/mol. The summed E-state index contributed by atoms with van der Waals surface area (Å²) in [5.74, 6) is 0.327. The zero-order valence-corrected chi connectivity index (χ0v) is 17.8. The Morgan fingerprint density at radius 3 is 2.81 bits per heavy atom. The lowest BCUT2D eigenvalue weighted by molar-refractivity contribution is 0.0938. The number of H-pyrrole nitrogens is 1. The van der Waals surface area contributed by atoms with Gasteiger partial charge in [0.15, 0.2) is 0 Å². The normalized spacial score (nSPS) is 12.1. The van der Waals surface area contributed by atoms with Crippen LogP contribution in [0.3, 0.4) is 0 Å². The summed E-state index contributed by atoms with van der Waals surface area (Å²) >= 11 is 1.39. The van der Waals surface area contributed by atoms with Gasteiger partial charge in [-0.2, -0.15) is 0 Å². The van der Waals surface area contributed by atoms with Gasteiger partial charge >= 0.3 is 0 Å². The Morgan fingerprint density at radius 2 is 2.03 bits per heavy atom. The molecule has 3 heterocycles. The summed E-state index contributed by atoms with van der Waals surface area (Å²) < 4.78 is 5.81. The molecule has 4 aromatic rings. The number of ether oxygens (including phenoxy) is 1. The Bertz CT molecular complexity index is 1160. The van der Waals surface area contributed by atoms with E-state index in [9.17, 15) is 4.79 Å². The number of rotatable bonds is 9. The second-order valence-corrected chi connectivity index (χ2v) is 8.19. The molecule has 0 fully saturated rings. The van der Waals surface area contributed by atoms with Gasteiger partial charge in [0.1, 0.15) is 22.9 Å². The van der Waals surface area contributed by atoms with Crippen molar-refractivity contribution in [3.05, 3.63) is 71.4 Å². The van der Waals surface area contributed by atoms with E-state index >= 15 is 0 Å². The molecule has 8 heteroatoms. The molecule has 0 aliphatic heterocycles. The lowest BCUT2D eigenvalue weighted by Crippen LogP contribution is -2.41. The maximum Gasteiger partial charge on any atom is 0.265 e. The number of benzene rings is 1. The quantitative estimate of drug-likeness (QED) is 0.322. The second-order valence-electron chi connectivity index (χ2n) is 7.14. The van der Waals surface area contributed by atoms with Crippen molar-refractivity contribution < 1.29 is 9.53 Å². The fraction of sp³-hybridized carbons (Fsp3) is 0.217. The molecule has 160 valence electrons. The first-order valence-corrected chi connectivity index (χ1v) is 10.9. The van der Waals surface area contributed by atoms with E-state index < -0.39 is 0 Å². The van der Waals surface area contributed by atoms with E-state index in [0.29, 0.717) is 36.7 Å². The minimum Gasteiger partial charge on any atom is -0.491 e. The molecule has 0 aliphatic carbocycles. The first-order chi connectivity index (χ1) is 15.2. The number of pyridine rings is 1. The van der Waals surface area contributed by atoms with Crippen molar-refractivity contribution in [3.63, 3.8) is 0 Å². The molecule has 3 aromatic heterocycles. The predicted octanol–water partition coefficient (Wildman–Crippen LogP) is 2.93. The molecule has 1 atom stereocenters. The molecule has 0 saturated heterocycles. The molecule has 0 saturated carbocycles. The molecule has 1 unspecified atom stereocenters. The number of hydrogen-bond donors (Lipinski definition) is 4. The fourth-order valence-corrected chi connectivity index (χ4v) is 4.50. The van der Waals surface area contributed by atoms with E-state index in [1.54, 1.807) is 6.20 Å². The van der Waals surface area contributed by atoms with Crippen molar-refractivity contribution in [2.75, 3.05) is 19.7 Å². The molecule has 1 aromatic carbocycles. The van der Waals surface area contributed by atoms with E-state index in [2.05, 4.69) is 15.3 Å². The Morgan fingerprint density at radius 1 is 1.19 bits per heavy atom. The van der Waals surface area contributed by atoms with Crippen LogP contribution in [0.5, 0.6) is 5.75 Å². The molecule has 0 aliphatic rings. The third-order valence-electron chi connectivity index (χ3n) is 4.95. The molecule has 7 nitrogen and oxygen atoms in total. The van der Waals surface area contributed by atoms with E-state index in [0.717, 1.165) is 27.0 Å². The first-order valence-electron chi connectivity index (χ1n) is 10.1. The van der Waals surface area contributed by atoms with Gasteiger partial charge in [-0.15, -0.1) is 11.3 Å². The molecule has 6 N–H and O–H groups in total. The van der Waals surface area contributed by atoms with Crippen LogP contribution in [0.4, 0.5) is 0 Å². The first kappa shape index (κ1) is 21.0. The van der Waals surface area contributed by atoms with Gasteiger partial charge in [0.2, 0.25) is 0 Å². The van der Waals surface area contributed by atoms with Gasteiger partial charge in [0.25, 0.3) is 5.91 Å². The van der Waals surface area contributed by atoms with E-state index in [4.69, 9.17) is 16.2 Å². The SMILES string of the molecule is NCCOc1cc(-c2ccnc3[nH]ccc23)sc1C(=O)NC(CN)Cc1ccccc1. The van der Waals surface area contributed by atoms with Crippen LogP contribution in [0.2, 0.25) is 0 Å². The molecule has 1 amide bonds. The number of thiophene rings is 1. The second kappa shape index (κ2) is 9.74. The van der Waals surface area contributed by atoms with Crippen LogP contribution in [0.1, 0.15) is 15.2 Å². The maximum atomic E-state index is 13.2. The van der Waals surface area contributed by atoms with Crippen molar-refractivity contribution in [2.45, 2.75) is 12.5 Å². The van der Waals surface area contributed by atoms with Crippen molar-refractivity contribution in [2.24, 2.45) is 11.5 Å². The molecule has 0 radical (unpaired) electrons. The Labute approximate surface area is 184 Å². The fourth-order valence-electron chi connectivity index (χ4n) is 3.46. The van der Waals surface area contributed by atoms with Crippen LogP contribution in [0.25, 0.3) is 21.5 Å². The highest BCUT2D eigenvalue weighted by Crippen LogP contribution is 2.39. The number of aromatic amines is 1. The highest BCUT2D eigenvalue weighted by Gasteiger charge is 2.22. The number of hydrogen-bond acceptors (Lipinski definition) is 6. The number of nitrogens with zero attached hydrogens (tertiary/aromatic N) is 1. The number of nitrogens with two attached hydrogens (primary N) is 2.